The first-order valence-electron chi connectivity index (χ1n) is 9.80. The number of benzene rings is 1. The molecule has 8 heteroatoms. The molecule has 156 valence electrons. The molecule has 0 fully saturated rings. The van der Waals surface area contributed by atoms with Gasteiger partial charge in [0.05, 0.1) is 5.54 Å². The maximum Gasteiger partial charge on any atom is 0.348 e. The molecule has 1 rings (SSSR count). The number of alkyl halides is 1. The van der Waals surface area contributed by atoms with Gasteiger partial charge >= 0.3 is 7.60 Å². The van der Waals surface area contributed by atoms with Crippen LogP contribution in [0.1, 0.15) is 63.0 Å². The number of rotatable bonds is 14. The first-order chi connectivity index (χ1) is 13.3. The van der Waals surface area contributed by atoms with Crippen molar-refractivity contribution in [2.75, 3.05) is 6.67 Å². The Morgan fingerprint density at radius 2 is 1.68 bits per heavy atom. The summed E-state index contributed by atoms with van der Waals surface area (Å²) in [5, 5.41) is 3.46. The SMILES string of the molecule is CCCCCCCCc1ccc(CC[C@](/C=C/P(=O)(O)O)(CF)N=[N+]=[N-])cc1. The topological polar surface area (TPSA) is 106 Å². The van der Waals surface area contributed by atoms with Gasteiger partial charge in [0.15, 0.2) is 0 Å². The molecule has 0 saturated heterocycles. The van der Waals surface area contributed by atoms with Gasteiger partial charge < -0.3 is 9.79 Å². The van der Waals surface area contributed by atoms with Crippen LogP contribution in [-0.2, 0) is 17.4 Å². The summed E-state index contributed by atoms with van der Waals surface area (Å²) in [6, 6.07) is 8.05. The van der Waals surface area contributed by atoms with Crippen LogP contribution in [0.3, 0.4) is 0 Å². The average molecular weight is 411 g/mol. The van der Waals surface area contributed by atoms with E-state index in [9.17, 15) is 8.96 Å². The minimum atomic E-state index is -4.45. The molecular weight excluding hydrogens is 380 g/mol. The number of hydrogen-bond acceptors (Lipinski definition) is 2. The molecular formula is C20H31FN3O3P. The number of hydrogen-bond donors (Lipinski definition) is 2. The molecule has 0 radical (unpaired) electrons. The second-order valence-electron chi connectivity index (χ2n) is 7.17. The smallest absolute Gasteiger partial charge is 0.321 e. The van der Waals surface area contributed by atoms with Crippen molar-refractivity contribution in [3.05, 3.63) is 57.7 Å². The Labute approximate surface area is 166 Å². The Morgan fingerprint density at radius 3 is 2.21 bits per heavy atom. The summed E-state index contributed by atoms with van der Waals surface area (Å²) < 4.78 is 24.5. The van der Waals surface area contributed by atoms with Crippen molar-refractivity contribution in [1.29, 1.82) is 0 Å². The van der Waals surface area contributed by atoms with Crippen LogP contribution in [0.5, 0.6) is 0 Å². The van der Waals surface area contributed by atoms with E-state index in [1.807, 2.05) is 12.1 Å². The average Bonchev–Trinajstić information content (AvgIpc) is 2.67. The fraction of sp³-hybridized carbons (Fsp3) is 0.600. The zero-order valence-corrected chi connectivity index (χ0v) is 17.4. The second kappa shape index (κ2) is 12.7. The lowest BCUT2D eigenvalue weighted by Gasteiger charge is -2.21. The summed E-state index contributed by atoms with van der Waals surface area (Å²) in [6.07, 6.45) is 10.1. The van der Waals surface area contributed by atoms with Gasteiger partial charge in [-0.15, -0.1) is 0 Å². The van der Waals surface area contributed by atoms with Gasteiger partial charge in [-0.05, 0) is 42.3 Å². The number of aryl methyl sites for hydroxylation is 2. The zero-order valence-electron chi connectivity index (χ0n) is 16.5. The Morgan fingerprint density at radius 1 is 1.11 bits per heavy atom. The predicted octanol–water partition coefficient (Wildman–Crippen LogP) is 6.23. The van der Waals surface area contributed by atoms with Crippen LogP contribution in [0.4, 0.5) is 4.39 Å². The van der Waals surface area contributed by atoms with Crippen LogP contribution in [0.25, 0.3) is 10.4 Å². The van der Waals surface area contributed by atoms with Crippen molar-refractivity contribution in [2.24, 2.45) is 5.11 Å². The summed E-state index contributed by atoms with van der Waals surface area (Å²) in [7, 11) is -4.45. The summed E-state index contributed by atoms with van der Waals surface area (Å²) in [5.74, 6) is 0.602. The van der Waals surface area contributed by atoms with E-state index in [4.69, 9.17) is 15.3 Å². The Bertz CT molecular complexity index is 699. The molecule has 0 aliphatic rings. The van der Waals surface area contributed by atoms with E-state index < -0.39 is 19.8 Å². The van der Waals surface area contributed by atoms with Crippen molar-refractivity contribution < 1.29 is 18.7 Å². The number of azide groups is 1. The second-order valence-corrected chi connectivity index (χ2v) is 8.64. The molecule has 0 bridgehead atoms. The van der Waals surface area contributed by atoms with E-state index in [2.05, 4.69) is 29.1 Å². The van der Waals surface area contributed by atoms with Crippen molar-refractivity contribution in [1.82, 2.24) is 0 Å². The summed E-state index contributed by atoms with van der Waals surface area (Å²) in [5.41, 5.74) is 9.34. The molecule has 0 aliphatic carbocycles. The third-order valence-corrected chi connectivity index (χ3v) is 5.28. The van der Waals surface area contributed by atoms with Crippen molar-refractivity contribution in [3.8, 4) is 0 Å². The summed E-state index contributed by atoms with van der Waals surface area (Å²) >= 11 is 0. The number of halogens is 1. The molecule has 0 aliphatic heterocycles. The van der Waals surface area contributed by atoms with Crippen molar-refractivity contribution in [2.45, 2.75) is 70.3 Å². The van der Waals surface area contributed by atoms with E-state index in [0.29, 0.717) is 12.2 Å². The lowest BCUT2D eigenvalue weighted by atomic mass is 9.93. The van der Waals surface area contributed by atoms with Crippen LogP contribution in [0.15, 0.2) is 41.3 Å². The van der Waals surface area contributed by atoms with E-state index in [1.165, 1.54) is 37.7 Å². The fourth-order valence-electron chi connectivity index (χ4n) is 2.97. The van der Waals surface area contributed by atoms with Crippen LogP contribution >= 0.6 is 7.60 Å². The third-order valence-electron chi connectivity index (χ3n) is 4.74. The highest BCUT2D eigenvalue weighted by Crippen LogP contribution is 2.38. The first-order valence-corrected chi connectivity index (χ1v) is 11.5. The van der Waals surface area contributed by atoms with Gasteiger partial charge in [0.2, 0.25) is 0 Å². The highest BCUT2D eigenvalue weighted by molar-refractivity contribution is 7.55. The van der Waals surface area contributed by atoms with Crippen LogP contribution in [0.2, 0.25) is 0 Å². The number of unbranched alkanes of at least 4 members (excludes halogenated alkanes) is 5. The van der Waals surface area contributed by atoms with Crippen LogP contribution in [-0.4, -0.2) is 22.0 Å². The predicted molar refractivity (Wildman–Crippen MR) is 111 cm³/mol. The van der Waals surface area contributed by atoms with Gasteiger partial charge in [0.25, 0.3) is 0 Å². The molecule has 28 heavy (non-hydrogen) atoms. The molecule has 0 amide bonds. The van der Waals surface area contributed by atoms with Gasteiger partial charge in [0.1, 0.15) is 6.67 Å². The lowest BCUT2D eigenvalue weighted by Crippen LogP contribution is -2.26. The maximum absolute atomic E-state index is 13.5. The normalized spacial score (nSPS) is 14.0. The summed E-state index contributed by atoms with van der Waals surface area (Å²) in [6.45, 7) is 1.18. The molecule has 1 aromatic rings. The van der Waals surface area contributed by atoms with E-state index in [-0.39, 0.29) is 6.42 Å². The van der Waals surface area contributed by atoms with Crippen molar-refractivity contribution in [3.63, 3.8) is 0 Å². The molecule has 1 aromatic carbocycles. The largest absolute Gasteiger partial charge is 0.348 e. The molecule has 0 heterocycles. The fourth-order valence-corrected chi connectivity index (χ4v) is 3.44. The third kappa shape index (κ3) is 10.0. The monoisotopic (exact) mass is 411 g/mol. The van der Waals surface area contributed by atoms with Gasteiger partial charge in [-0.25, -0.2) is 0 Å². The number of nitrogens with zero attached hydrogens (tertiary/aromatic N) is 3. The molecule has 0 aromatic heterocycles. The minimum absolute atomic E-state index is 0.126. The Balaban J connectivity index is 2.60. The minimum Gasteiger partial charge on any atom is -0.321 e. The van der Waals surface area contributed by atoms with Gasteiger partial charge in [-0.2, -0.15) is 0 Å². The molecule has 6 nitrogen and oxygen atoms in total. The highest BCUT2D eigenvalue weighted by atomic mass is 31.2. The molecule has 0 unspecified atom stereocenters. The first kappa shape index (κ1) is 24.4. The molecule has 1 atom stereocenters. The van der Waals surface area contributed by atoms with Crippen LogP contribution < -0.4 is 0 Å². The Kier molecular flexibility index (Phi) is 11.1. The van der Waals surface area contributed by atoms with Crippen molar-refractivity contribution >= 4 is 7.60 Å². The van der Waals surface area contributed by atoms with Gasteiger partial charge in [0, 0.05) is 10.7 Å². The maximum atomic E-state index is 13.5. The van der Waals surface area contributed by atoms with Gasteiger partial charge in [-0.1, -0.05) is 74.5 Å². The summed E-state index contributed by atoms with van der Waals surface area (Å²) in [4.78, 5) is 20.6. The van der Waals surface area contributed by atoms with Gasteiger partial charge in [-0.3, -0.25) is 8.96 Å². The van der Waals surface area contributed by atoms with E-state index in [0.717, 1.165) is 24.5 Å². The Hall–Kier alpha value is -1.65. The highest BCUT2D eigenvalue weighted by Gasteiger charge is 2.27. The zero-order chi connectivity index (χ0) is 20.9. The standard InChI is InChI=1S/C20H31FN3O3P/c1-2-3-4-5-6-7-8-18-9-11-19(12-10-18)13-14-20(17-21,23-24-22)15-16-28(25,26)27/h9-12,15-16H,2-8,13-14,17H2,1H3,(H2,25,26,27)/b16-15+/t20-/m0/s1. The quantitative estimate of drug-likeness (QED) is 0.124. The van der Waals surface area contributed by atoms with E-state index in [1.54, 1.807) is 0 Å². The molecule has 0 saturated carbocycles. The molecule has 0 spiro atoms. The van der Waals surface area contributed by atoms with Crippen LogP contribution in [0, 0.1) is 0 Å². The lowest BCUT2D eigenvalue weighted by molar-refractivity contribution is 0.342. The van der Waals surface area contributed by atoms with E-state index >= 15 is 0 Å². The molecule has 2 N–H and O–H groups in total.